The molecule has 2 amide bonds. The summed E-state index contributed by atoms with van der Waals surface area (Å²) in [6.45, 7) is 0. The molecule has 6 heteroatoms. The van der Waals surface area contributed by atoms with Crippen molar-refractivity contribution in [1.82, 2.24) is 0 Å². The van der Waals surface area contributed by atoms with E-state index in [2.05, 4.69) is 10.8 Å². The monoisotopic (exact) mass is 258 g/mol. The van der Waals surface area contributed by atoms with E-state index in [-0.39, 0.29) is 116 Å². The first kappa shape index (κ1) is 17.1. The van der Waals surface area contributed by atoms with Crippen LogP contribution in [-0.2, 0) is 0 Å². The van der Waals surface area contributed by atoms with E-state index < -0.39 is 6.03 Å². The molecule has 0 atom stereocenters. The molecule has 0 aliphatic rings. The van der Waals surface area contributed by atoms with Gasteiger partial charge in [0.1, 0.15) is 0 Å². The molecule has 8 heavy (non-hydrogen) atoms. The summed E-state index contributed by atoms with van der Waals surface area (Å²) in [6, 6.07) is -0.852. The van der Waals surface area contributed by atoms with Gasteiger partial charge in [-0.1, -0.05) is 0 Å². The summed E-state index contributed by atoms with van der Waals surface area (Å²) in [4.78, 5) is 9.60. The van der Waals surface area contributed by atoms with Crippen molar-refractivity contribution >= 4 is 6.03 Å². The van der Waals surface area contributed by atoms with E-state index in [1.54, 1.807) is 0 Å². The maximum Gasteiger partial charge on any atom is 1.00 e. The van der Waals surface area contributed by atoms with Gasteiger partial charge in [0.15, 0.2) is 0 Å². The number of hydroxylamine groups is 1. The molecule has 0 unspecified atom stereocenters. The Morgan fingerprint density at radius 1 is 1.50 bits per heavy atom. The van der Waals surface area contributed by atoms with Crippen LogP contribution in [0.4, 0.5) is 4.79 Å². The summed E-state index contributed by atoms with van der Waals surface area (Å²) in [5.41, 5.74) is 2.20. The fourth-order valence-corrected chi connectivity index (χ4v) is 0.0447. The van der Waals surface area contributed by atoms with Crippen molar-refractivity contribution in [3.63, 3.8) is 0 Å². The van der Waals surface area contributed by atoms with Gasteiger partial charge in [-0.15, -0.1) is 7.05 Å². The van der Waals surface area contributed by atoms with Crippen LogP contribution in [0, 0.1) is 0 Å². The predicted octanol–water partition coefficient (Wildman–Crippen LogP) is -5.12. The van der Waals surface area contributed by atoms with Crippen molar-refractivity contribution in [2.75, 3.05) is 7.05 Å². The molecule has 36 valence electrons. The first-order chi connectivity index (χ1) is 2.81. The molecule has 0 heterocycles. The third-order valence-electron chi connectivity index (χ3n) is 0.277. The molecule has 4 nitrogen and oxygen atoms in total. The largest absolute Gasteiger partial charge is 1.00 e. The van der Waals surface area contributed by atoms with Crippen LogP contribution in [-0.4, -0.2) is 18.3 Å². The van der Waals surface area contributed by atoms with Crippen LogP contribution < -0.4 is 116 Å². The minimum absolute atomic E-state index is 0. The topological polar surface area (TPSA) is 65.5 Å². The number of nitrogens with zero attached hydrogens (tertiary/aromatic N) is 2. The van der Waals surface area contributed by atoms with Crippen molar-refractivity contribution < 1.29 is 126 Å². The van der Waals surface area contributed by atoms with E-state index in [1.807, 2.05) is 0 Å². The number of carbonyl (C=O) groups is 1. The van der Waals surface area contributed by atoms with Gasteiger partial charge in [-0.05, 0) is 6.03 Å². The zero-order valence-corrected chi connectivity index (χ0v) is 15.1. The molecule has 0 aliphatic heterocycles. The van der Waals surface area contributed by atoms with Crippen molar-refractivity contribution in [2.45, 2.75) is 0 Å². The molecule has 0 aromatic carbocycles. The van der Waals surface area contributed by atoms with E-state index in [0.29, 0.717) is 0 Å². The average Bonchev–Trinajstić information content (AvgIpc) is 1.65. The number of hydrogen-bond donors (Lipinski definition) is 1. The normalized spacial score (nSPS) is 5.25. The van der Waals surface area contributed by atoms with Gasteiger partial charge >= 0.3 is 116 Å². The minimum Gasteiger partial charge on any atom is -0.671 e. The molecule has 0 aromatic heterocycles. The zero-order chi connectivity index (χ0) is 4.99. The summed E-state index contributed by atoms with van der Waals surface area (Å²) in [5.74, 6) is 0. The SMILES string of the molecule is C[N-]C(=O)[N-]O.[Rb+].[Rb+]. The molecular formula is C2H4N2O2Rb2. The van der Waals surface area contributed by atoms with Crippen molar-refractivity contribution in [1.29, 1.82) is 0 Å². The summed E-state index contributed by atoms with van der Waals surface area (Å²) in [6.07, 6.45) is 0. The fraction of sp³-hybridized carbons (Fsp3) is 0.500. The van der Waals surface area contributed by atoms with E-state index in [1.165, 1.54) is 7.05 Å². The number of carbonyl (C=O) groups excluding carboxylic acids is 1. The van der Waals surface area contributed by atoms with Gasteiger partial charge < -0.3 is 20.8 Å². The Morgan fingerprint density at radius 3 is 1.88 bits per heavy atom. The third kappa shape index (κ3) is 11.6. The third-order valence-corrected chi connectivity index (χ3v) is 0.277. The van der Waals surface area contributed by atoms with Crippen LogP contribution in [0.1, 0.15) is 0 Å². The second kappa shape index (κ2) is 12.5. The molecule has 0 bridgehead atoms. The van der Waals surface area contributed by atoms with Crippen LogP contribution in [0.25, 0.3) is 10.8 Å². The van der Waals surface area contributed by atoms with Gasteiger partial charge in [-0.25, -0.2) is 0 Å². The summed E-state index contributed by atoms with van der Waals surface area (Å²) in [5, 5.41) is 10.5. The maximum atomic E-state index is 9.60. The quantitative estimate of drug-likeness (QED) is 0.349. The van der Waals surface area contributed by atoms with Gasteiger partial charge in [0, 0.05) is 0 Å². The summed E-state index contributed by atoms with van der Waals surface area (Å²) in [7, 11) is 1.25. The predicted molar refractivity (Wildman–Crippen MR) is 19.8 cm³/mol. The minimum atomic E-state index is -0.852. The molecule has 0 saturated carbocycles. The van der Waals surface area contributed by atoms with Gasteiger partial charge in [-0.2, -0.15) is 0 Å². The number of rotatable bonds is 0. The van der Waals surface area contributed by atoms with Crippen LogP contribution in [0.15, 0.2) is 0 Å². The molecule has 0 aromatic rings. The molecule has 0 rings (SSSR count). The second-order valence-electron chi connectivity index (χ2n) is 0.606. The van der Waals surface area contributed by atoms with E-state index in [4.69, 9.17) is 5.21 Å². The standard InChI is InChI=1S/C2H5N2O2.2Rb/c1-3-2(5)4-6;;/h1H3,(H2-,3,4,5,6);;/q-1;2*+1/p-1. The molecule has 1 N–H and O–H groups in total. The summed E-state index contributed by atoms with van der Waals surface area (Å²) < 4.78 is 0. The zero-order valence-electron chi connectivity index (χ0n) is 5.25. The van der Waals surface area contributed by atoms with Gasteiger partial charge in [0.05, 0.1) is 0 Å². The first-order valence-corrected chi connectivity index (χ1v) is 1.30. The Kier molecular flexibility index (Phi) is 26.7. The molecule has 0 radical (unpaired) electrons. The Bertz CT molecular complexity index is 54.0. The Hall–Kier alpha value is 2.84. The summed E-state index contributed by atoms with van der Waals surface area (Å²) >= 11 is 0. The molecule has 0 saturated heterocycles. The van der Waals surface area contributed by atoms with Gasteiger partial charge in [0.25, 0.3) is 0 Å². The number of urea groups is 1. The Morgan fingerprint density at radius 2 is 1.88 bits per heavy atom. The molecular weight excluding hydrogens is 255 g/mol. The van der Waals surface area contributed by atoms with Crippen molar-refractivity contribution in [2.24, 2.45) is 0 Å². The molecule has 0 aliphatic carbocycles. The van der Waals surface area contributed by atoms with Crippen LogP contribution >= 0.6 is 0 Å². The van der Waals surface area contributed by atoms with E-state index in [0.717, 1.165) is 0 Å². The van der Waals surface area contributed by atoms with Crippen LogP contribution in [0.5, 0.6) is 0 Å². The Labute approximate surface area is 146 Å². The average molecular weight is 259 g/mol. The van der Waals surface area contributed by atoms with Crippen molar-refractivity contribution in [3.8, 4) is 0 Å². The maximum absolute atomic E-state index is 9.60. The molecule has 0 spiro atoms. The first-order valence-electron chi connectivity index (χ1n) is 1.30. The Balaban J connectivity index is -0.000000125. The van der Waals surface area contributed by atoms with E-state index >= 15 is 0 Å². The fourth-order valence-electron chi connectivity index (χ4n) is 0.0447. The number of hydrogen-bond acceptors (Lipinski definition) is 2. The van der Waals surface area contributed by atoms with Crippen LogP contribution in [0.2, 0.25) is 0 Å². The van der Waals surface area contributed by atoms with Gasteiger partial charge in [0.2, 0.25) is 0 Å². The van der Waals surface area contributed by atoms with Crippen molar-refractivity contribution in [3.05, 3.63) is 10.8 Å². The second-order valence-corrected chi connectivity index (χ2v) is 0.606. The van der Waals surface area contributed by atoms with Gasteiger partial charge in [-0.3, -0.25) is 0 Å². The smallest absolute Gasteiger partial charge is 0.671 e. The van der Waals surface area contributed by atoms with Crippen LogP contribution in [0.3, 0.4) is 0 Å². The number of amides is 2. The van der Waals surface area contributed by atoms with E-state index in [9.17, 15) is 4.79 Å². The molecule has 0 fully saturated rings.